The van der Waals surface area contributed by atoms with Crippen LogP contribution < -0.4 is 0 Å². The van der Waals surface area contributed by atoms with Crippen LogP contribution in [-0.4, -0.2) is 64.7 Å². The summed E-state index contributed by atoms with van der Waals surface area (Å²) in [7, 11) is -3.20. The summed E-state index contributed by atoms with van der Waals surface area (Å²) in [5.41, 5.74) is 0. The maximum Gasteiger partial charge on any atom is 0.247 e. The molecule has 0 saturated carbocycles. The highest BCUT2D eigenvalue weighted by molar-refractivity contribution is 7.89. The predicted molar refractivity (Wildman–Crippen MR) is 86.3 cm³/mol. The molecule has 8 heteroatoms. The van der Waals surface area contributed by atoms with Crippen molar-refractivity contribution >= 4 is 15.9 Å². The molecule has 2 saturated heterocycles. The van der Waals surface area contributed by atoms with Crippen LogP contribution >= 0.6 is 0 Å². The van der Waals surface area contributed by atoms with Crippen molar-refractivity contribution in [2.24, 2.45) is 0 Å². The van der Waals surface area contributed by atoms with Crippen molar-refractivity contribution in [3.05, 3.63) is 18.5 Å². The van der Waals surface area contributed by atoms with E-state index < -0.39 is 10.0 Å². The van der Waals surface area contributed by atoms with Crippen LogP contribution in [0.15, 0.2) is 18.5 Å². The number of piperidine rings is 1. The van der Waals surface area contributed by atoms with Crippen LogP contribution in [0.4, 0.5) is 0 Å². The molecule has 1 unspecified atom stereocenters. The fraction of sp³-hybridized carbons (Fsp3) is 0.733. The predicted octanol–water partition coefficient (Wildman–Crippen LogP) is 0.861. The molecule has 0 spiro atoms. The van der Waals surface area contributed by atoms with E-state index >= 15 is 0 Å². The fourth-order valence-electron chi connectivity index (χ4n) is 3.41. The van der Waals surface area contributed by atoms with E-state index in [9.17, 15) is 13.2 Å². The molecular formula is C15H24N4O3S. The Morgan fingerprint density at radius 3 is 2.39 bits per heavy atom. The molecule has 2 fully saturated rings. The van der Waals surface area contributed by atoms with Crippen molar-refractivity contribution in [2.45, 2.75) is 43.9 Å². The summed E-state index contributed by atoms with van der Waals surface area (Å²) in [6.07, 6.45) is 6.38. The first-order valence-electron chi connectivity index (χ1n) is 8.27. The molecule has 0 aromatic carbocycles. The highest BCUT2D eigenvalue weighted by atomic mass is 32.2. The highest BCUT2D eigenvalue weighted by Gasteiger charge is 2.37. The Kier molecular flexibility index (Phi) is 4.72. The van der Waals surface area contributed by atoms with Gasteiger partial charge < -0.3 is 4.90 Å². The van der Waals surface area contributed by atoms with Gasteiger partial charge in [-0.3, -0.25) is 9.48 Å². The zero-order valence-corrected chi connectivity index (χ0v) is 14.3. The zero-order chi connectivity index (χ0) is 16.4. The van der Waals surface area contributed by atoms with Gasteiger partial charge in [-0.1, -0.05) is 0 Å². The van der Waals surface area contributed by atoms with E-state index in [0.29, 0.717) is 39.0 Å². The largest absolute Gasteiger partial charge is 0.341 e. The lowest BCUT2D eigenvalue weighted by atomic mass is 10.1. The maximum absolute atomic E-state index is 12.6. The molecule has 1 aromatic heterocycles. The molecule has 2 aliphatic heterocycles. The van der Waals surface area contributed by atoms with E-state index in [4.69, 9.17) is 0 Å². The minimum atomic E-state index is -3.20. The SMILES string of the molecule is CC(C(=O)N1CCC(S(=O)(=O)N2CCCC2)CC1)n1cccn1. The number of likely N-dealkylation sites (tertiary alicyclic amines) is 1. The van der Waals surface area contributed by atoms with Gasteiger partial charge in [0.1, 0.15) is 6.04 Å². The van der Waals surface area contributed by atoms with Crippen LogP contribution in [0.25, 0.3) is 0 Å². The molecular weight excluding hydrogens is 316 g/mol. The Hall–Kier alpha value is -1.41. The summed E-state index contributed by atoms with van der Waals surface area (Å²) < 4.78 is 28.4. The quantitative estimate of drug-likeness (QED) is 0.815. The lowest BCUT2D eigenvalue weighted by Crippen LogP contribution is -2.47. The van der Waals surface area contributed by atoms with Crippen molar-refractivity contribution in [3.8, 4) is 0 Å². The van der Waals surface area contributed by atoms with E-state index in [1.807, 2.05) is 6.92 Å². The van der Waals surface area contributed by atoms with Crippen molar-refractivity contribution in [3.63, 3.8) is 0 Å². The van der Waals surface area contributed by atoms with Gasteiger partial charge in [0.05, 0.1) is 5.25 Å². The number of hydrogen-bond donors (Lipinski definition) is 0. The van der Waals surface area contributed by atoms with Gasteiger partial charge >= 0.3 is 0 Å². The first-order valence-corrected chi connectivity index (χ1v) is 9.77. The van der Waals surface area contributed by atoms with Gasteiger partial charge in [-0.2, -0.15) is 5.10 Å². The summed E-state index contributed by atoms with van der Waals surface area (Å²) >= 11 is 0. The molecule has 3 rings (SSSR count). The van der Waals surface area contributed by atoms with E-state index in [1.54, 1.807) is 32.3 Å². The molecule has 3 heterocycles. The summed E-state index contributed by atoms with van der Waals surface area (Å²) in [5.74, 6) is 0.00530. The Morgan fingerprint density at radius 1 is 1.17 bits per heavy atom. The number of hydrogen-bond acceptors (Lipinski definition) is 4. The second-order valence-corrected chi connectivity index (χ2v) is 8.55. The molecule has 2 aliphatic rings. The Balaban J connectivity index is 1.59. The number of amides is 1. The number of aromatic nitrogens is 2. The summed E-state index contributed by atoms with van der Waals surface area (Å²) in [6.45, 7) is 4.13. The van der Waals surface area contributed by atoms with Crippen LogP contribution in [0.3, 0.4) is 0 Å². The van der Waals surface area contributed by atoms with Crippen LogP contribution in [0, 0.1) is 0 Å². The average molecular weight is 340 g/mol. The van der Waals surface area contributed by atoms with Gasteiger partial charge in [-0.25, -0.2) is 12.7 Å². The average Bonchev–Trinajstić information content (AvgIpc) is 3.26. The third-order valence-corrected chi connectivity index (χ3v) is 7.28. The highest BCUT2D eigenvalue weighted by Crippen LogP contribution is 2.25. The lowest BCUT2D eigenvalue weighted by Gasteiger charge is -2.34. The molecule has 1 aromatic rings. The number of carbonyl (C=O) groups is 1. The first kappa shape index (κ1) is 16.4. The topological polar surface area (TPSA) is 75.5 Å². The van der Waals surface area contributed by atoms with Crippen LogP contribution in [0.5, 0.6) is 0 Å². The molecule has 128 valence electrons. The monoisotopic (exact) mass is 340 g/mol. The molecule has 1 atom stereocenters. The van der Waals surface area contributed by atoms with Gasteiger partial charge in [0.25, 0.3) is 0 Å². The van der Waals surface area contributed by atoms with E-state index in [2.05, 4.69) is 5.10 Å². The van der Waals surface area contributed by atoms with Crippen molar-refractivity contribution in [2.75, 3.05) is 26.2 Å². The van der Waals surface area contributed by atoms with Gasteiger partial charge in [0.15, 0.2) is 0 Å². The smallest absolute Gasteiger partial charge is 0.247 e. The zero-order valence-electron chi connectivity index (χ0n) is 13.5. The van der Waals surface area contributed by atoms with E-state index in [-0.39, 0.29) is 17.2 Å². The van der Waals surface area contributed by atoms with E-state index in [0.717, 1.165) is 12.8 Å². The van der Waals surface area contributed by atoms with Crippen LogP contribution in [0.1, 0.15) is 38.6 Å². The lowest BCUT2D eigenvalue weighted by molar-refractivity contribution is -0.135. The maximum atomic E-state index is 12.6. The van der Waals surface area contributed by atoms with Crippen molar-refractivity contribution in [1.82, 2.24) is 19.0 Å². The summed E-state index contributed by atoms with van der Waals surface area (Å²) in [6, 6.07) is 1.44. The molecule has 1 amide bonds. The number of carbonyl (C=O) groups excluding carboxylic acids is 1. The van der Waals surface area contributed by atoms with Gasteiger partial charge in [0.2, 0.25) is 15.9 Å². The van der Waals surface area contributed by atoms with Gasteiger partial charge in [0, 0.05) is 38.6 Å². The van der Waals surface area contributed by atoms with Gasteiger partial charge in [-0.15, -0.1) is 0 Å². The first-order chi connectivity index (χ1) is 11.0. The Morgan fingerprint density at radius 2 is 1.83 bits per heavy atom. The number of sulfonamides is 1. The van der Waals surface area contributed by atoms with Crippen molar-refractivity contribution in [1.29, 1.82) is 0 Å². The molecule has 23 heavy (non-hydrogen) atoms. The molecule has 0 bridgehead atoms. The van der Waals surface area contributed by atoms with Crippen LogP contribution in [0.2, 0.25) is 0 Å². The molecule has 0 aliphatic carbocycles. The summed E-state index contributed by atoms with van der Waals surface area (Å²) in [5, 5.41) is 3.76. The fourth-order valence-corrected chi connectivity index (χ4v) is 5.41. The van der Waals surface area contributed by atoms with E-state index in [1.165, 1.54) is 0 Å². The molecule has 7 nitrogen and oxygen atoms in total. The third kappa shape index (κ3) is 3.28. The standard InChI is InChI=1S/C15H24N4O3S/c1-13(19-10-4-7-16-19)15(20)17-11-5-14(6-12-17)23(21,22)18-8-2-3-9-18/h4,7,10,13-14H,2-3,5-6,8-9,11-12H2,1H3. The second-order valence-electron chi connectivity index (χ2n) is 6.34. The minimum absolute atomic E-state index is 0.00530. The number of rotatable bonds is 4. The normalized spacial score (nSPS) is 22.4. The van der Waals surface area contributed by atoms with Crippen LogP contribution in [-0.2, 0) is 14.8 Å². The Labute approximate surface area is 137 Å². The van der Waals surface area contributed by atoms with Crippen molar-refractivity contribution < 1.29 is 13.2 Å². The second kappa shape index (κ2) is 6.60. The third-order valence-electron chi connectivity index (χ3n) is 4.88. The number of nitrogens with zero attached hydrogens (tertiary/aromatic N) is 4. The van der Waals surface area contributed by atoms with Gasteiger partial charge in [-0.05, 0) is 38.7 Å². The Bertz CT molecular complexity index is 630. The summed E-state index contributed by atoms with van der Waals surface area (Å²) in [4.78, 5) is 14.3. The molecule has 0 radical (unpaired) electrons. The minimum Gasteiger partial charge on any atom is -0.341 e. The molecule has 0 N–H and O–H groups in total.